The second-order valence-electron chi connectivity index (χ2n) is 9.95. The van der Waals surface area contributed by atoms with E-state index in [2.05, 4.69) is 34.9 Å². The average Bonchev–Trinajstić information content (AvgIpc) is 3.26. The maximum absolute atomic E-state index is 12.5. The molecule has 5 rings (SSSR count). The van der Waals surface area contributed by atoms with E-state index in [1.165, 1.54) is 22.3 Å². The maximum Gasteiger partial charge on any atom is 0.407 e. The highest BCUT2D eigenvalue weighted by atomic mass is 16.5. The van der Waals surface area contributed by atoms with Crippen LogP contribution in [0.5, 0.6) is 0 Å². The third-order valence-electron chi connectivity index (χ3n) is 7.43. The topological polar surface area (TPSA) is 105 Å². The Hall–Kier alpha value is -3.35. The number of amides is 2. The molecule has 2 fully saturated rings. The molecule has 2 aromatic rings. The van der Waals surface area contributed by atoms with Gasteiger partial charge in [0.25, 0.3) is 0 Å². The van der Waals surface area contributed by atoms with E-state index in [-0.39, 0.29) is 36.8 Å². The molecule has 0 bridgehead atoms. The van der Waals surface area contributed by atoms with Crippen molar-refractivity contribution >= 4 is 18.0 Å². The molecule has 7 nitrogen and oxygen atoms in total. The largest absolute Gasteiger partial charge is 0.481 e. The van der Waals surface area contributed by atoms with Gasteiger partial charge in [-0.3, -0.25) is 9.59 Å². The first-order chi connectivity index (χ1) is 16.4. The Morgan fingerprint density at radius 3 is 2.24 bits per heavy atom. The predicted molar refractivity (Wildman–Crippen MR) is 126 cm³/mol. The number of carbonyl (C=O) groups excluding carboxylic acids is 2. The van der Waals surface area contributed by atoms with Crippen molar-refractivity contribution in [1.82, 2.24) is 10.6 Å². The molecule has 3 aliphatic carbocycles. The fourth-order valence-electron chi connectivity index (χ4n) is 5.59. The van der Waals surface area contributed by atoms with Gasteiger partial charge in [-0.05, 0) is 60.3 Å². The van der Waals surface area contributed by atoms with Gasteiger partial charge in [-0.15, -0.1) is 0 Å². The molecule has 2 aromatic carbocycles. The monoisotopic (exact) mass is 462 g/mol. The Morgan fingerprint density at radius 1 is 0.971 bits per heavy atom. The van der Waals surface area contributed by atoms with Gasteiger partial charge in [0.1, 0.15) is 6.61 Å². The van der Waals surface area contributed by atoms with Crippen LogP contribution in [-0.2, 0) is 14.3 Å². The summed E-state index contributed by atoms with van der Waals surface area (Å²) >= 11 is 0. The molecule has 0 unspecified atom stereocenters. The average molecular weight is 463 g/mol. The number of carboxylic acid groups (broad SMARTS) is 1. The third-order valence-corrected chi connectivity index (χ3v) is 7.43. The zero-order chi connectivity index (χ0) is 23.7. The molecule has 178 valence electrons. The summed E-state index contributed by atoms with van der Waals surface area (Å²) in [6.07, 6.45) is 3.76. The lowest BCUT2D eigenvalue weighted by atomic mass is 9.98. The Balaban J connectivity index is 1.09. The number of carbonyl (C=O) groups is 3. The van der Waals surface area contributed by atoms with Gasteiger partial charge < -0.3 is 20.5 Å². The molecule has 0 heterocycles. The quantitative estimate of drug-likeness (QED) is 0.545. The molecule has 34 heavy (non-hydrogen) atoms. The summed E-state index contributed by atoms with van der Waals surface area (Å²) < 4.78 is 5.64. The summed E-state index contributed by atoms with van der Waals surface area (Å²) in [6, 6.07) is 16.5. The van der Waals surface area contributed by atoms with Crippen molar-refractivity contribution in [2.45, 2.75) is 62.4 Å². The third kappa shape index (κ3) is 4.79. The summed E-state index contributed by atoms with van der Waals surface area (Å²) in [5.41, 5.74) is 4.21. The van der Waals surface area contributed by atoms with Gasteiger partial charge >= 0.3 is 12.1 Å². The van der Waals surface area contributed by atoms with E-state index in [0.717, 1.165) is 32.1 Å². The Kier molecular flexibility index (Phi) is 6.02. The highest BCUT2D eigenvalue weighted by molar-refractivity contribution is 5.80. The Labute approximate surface area is 198 Å². The maximum atomic E-state index is 12.5. The van der Waals surface area contributed by atoms with Gasteiger partial charge in [0.15, 0.2) is 0 Å². The Morgan fingerprint density at radius 2 is 1.62 bits per heavy atom. The minimum absolute atomic E-state index is 0.0117. The number of benzene rings is 2. The minimum atomic E-state index is -0.883. The molecule has 0 saturated heterocycles. The first kappa shape index (κ1) is 22.4. The number of aliphatic carboxylic acids is 1. The second-order valence-corrected chi connectivity index (χ2v) is 9.95. The molecule has 2 amide bonds. The van der Waals surface area contributed by atoms with Crippen molar-refractivity contribution < 1.29 is 24.2 Å². The van der Waals surface area contributed by atoms with Crippen molar-refractivity contribution in [3.05, 3.63) is 59.7 Å². The van der Waals surface area contributed by atoms with Crippen LogP contribution in [0.25, 0.3) is 11.1 Å². The van der Waals surface area contributed by atoms with E-state index in [4.69, 9.17) is 9.84 Å². The van der Waals surface area contributed by atoms with Crippen molar-refractivity contribution in [1.29, 1.82) is 0 Å². The van der Waals surface area contributed by atoms with Crippen LogP contribution >= 0.6 is 0 Å². The number of carboxylic acids is 1. The molecular formula is C27H30N2O5. The van der Waals surface area contributed by atoms with Crippen molar-refractivity contribution in [2.75, 3.05) is 6.61 Å². The number of hydrogen-bond donors (Lipinski definition) is 3. The van der Waals surface area contributed by atoms with E-state index in [1.54, 1.807) is 0 Å². The van der Waals surface area contributed by atoms with Crippen molar-refractivity contribution in [3.8, 4) is 11.1 Å². The van der Waals surface area contributed by atoms with Crippen LogP contribution in [0.2, 0.25) is 0 Å². The molecule has 7 heteroatoms. The number of hydrogen-bond acceptors (Lipinski definition) is 4. The highest BCUT2D eigenvalue weighted by Gasteiger charge is 2.46. The molecule has 2 atom stereocenters. The summed E-state index contributed by atoms with van der Waals surface area (Å²) in [7, 11) is 0. The molecule has 0 spiro atoms. The van der Waals surface area contributed by atoms with E-state index in [1.807, 2.05) is 24.3 Å². The van der Waals surface area contributed by atoms with E-state index in [9.17, 15) is 14.4 Å². The van der Waals surface area contributed by atoms with Gasteiger partial charge in [-0.25, -0.2) is 4.79 Å². The summed E-state index contributed by atoms with van der Waals surface area (Å²) in [5, 5.41) is 14.9. The number of rotatable bonds is 8. The van der Waals surface area contributed by atoms with Gasteiger partial charge in [0.2, 0.25) is 5.91 Å². The number of alkyl carbamates (subject to hydrolysis) is 1. The zero-order valence-corrected chi connectivity index (χ0v) is 19.1. The van der Waals surface area contributed by atoms with Gasteiger partial charge in [0.05, 0.1) is 12.0 Å². The molecule has 3 aliphatic rings. The van der Waals surface area contributed by atoms with Crippen molar-refractivity contribution in [2.24, 2.45) is 5.92 Å². The number of nitrogens with one attached hydrogen (secondary N) is 2. The predicted octanol–water partition coefficient (Wildman–Crippen LogP) is 4.21. The summed E-state index contributed by atoms with van der Waals surface area (Å²) in [5.74, 6) is -0.769. The number of fused-ring (bicyclic) bond motifs is 3. The van der Waals surface area contributed by atoms with Crippen LogP contribution in [0.1, 0.15) is 62.0 Å². The second kappa shape index (κ2) is 9.12. The van der Waals surface area contributed by atoms with Gasteiger partial charge in [-0.1, -0.05) is 48.5 Å². The van der Waals surface area contributed by atoms with Crippen LogP contribution in [0.4, 0.5) is 4.79 Å². The normalized spacial score (nSPS) is 21.9. The summed E-state index contributed by atoms with van der Waals surface area (Å²) in [6.45, 7) is 0.282. The van der Waals surface area contributed by atoms with Crippen LogP contribution in [0, 0.1) is 5.92 Å². The van der Waals surface area contributed by atoms with E-state index >= 15 is 0 Å². The van der Waals surface area contributed by atoms with Crippen molar-refractivity contribution in [3.63, 3.8) is 0 Å². The lowest BCUT2D eigenvalue weighted by Crippen LogP contribution is -2.39. The number of ether oxygens (including phenoxy) is 1. The molecule has 0 aliphatic heterocycles. The Bertz CT molecular complexity index is 1060. The smallest absolute Gasteiger partial charge is 0.407 e. The first-order valence-electron chi connectivity index (χ1n) is 12.1. The molecule has 2 saturated carbocycles. The van der Waals surface area contributed by atoms with Gasteiger partial charge in [-0.2, -0.15) is 0 Å². The minimum Gasteiger partial charge on any atom is -0.481 e. The highest BCUT2D eigenvalue weighted by Crippen LogP contribution is 2.44. The molecule has 0 aromatic heterocycles. The van der Waals surface area contributed by atoms with E-state index < -0.39 is 17.6 Å². The molecular weight excluding hydrogens is 432 g/mol. The van der Waals surface area contributed by atoms with Crippen LogP contribution < -0.4 is 10.6 Å². The van der Waals surface area contributed by atoms with Gasteiger partial charge in [0, 0.05) is 18.4 Å². The molecule has 0 radical (unpaired) electrons. The lowest BCUT2D eigenvalue weighted by Gasteiger charge is -2.18. The SMILES string of the molecule is O=C(O)CC1(NC(=O)C[C@H]2CC[C@@H](NC(=O)OCC3c4ccccc4-c4ccccc43)C2)CC1. The van der Waals surface area contributed by atoms with E-state index in [0.29, 0.717) is 6.42 Å². The first-order valence-corrected chi connectivity index (χ1v) is 12.1. The van der Waals surface area contributed by atoms with Crippen LogP contribution in [-0.4, -0.2) is 41.3 Å². The summed E-state index contributed by atoms with van der Waals surface area (Å²) in [4.78, 5) is 35.9. The fourth-order valence-corrected chi connectivity index (χ4v) is 5.59. The van der Waals surface area contributed by atoms with Crippen LogP contribution in [0.3, 0.4) is 0 Å². The fraction of sp³-hybridized carbons (Fsp3) is 0.444. The zero-order valence-electron chi connectivity index (χ0n) is 19.1. The van der Waals surface area contributed by atoms with Crippen LogP contribution in [0.15, 0.2) is 48.5 Å². The standard InChI is InChI=1S/C27H30N2O5/c30-24(29-27(11-12-27)15-25(31)32)14-17-9-10-18(13-17)28-26(33)34-16-23-21-7-3-1-5-19(21)20-6-2-4-8-22(20)23/h1-8,17-18,23H,9-16H2,(H,28,33)(H,29,30)(H,31,32)/t17-,18+/m0/s1. The molecule has 3 N–H and O–H groups in total. The lowest BCUT2D eigenvalue weighted by molar-refractivity contribution is -0.138.